The topological polar surface area (TPSA) is 56.1 Å². The molecule has 2 aliphatic heterocycles. The van der Waals surface area contributed by atoms with Crippen LogP contribution < -0.4 is 5.32 Å². The first-order valence-corrected chi connectivity index (χ1v) is 9.72. The smallest absolute Gasteiger partial charge is 0.240 e. The number of hydrogen-bond acceptors (Lipinski definition) is 3. The van der Waals surface area contributed by atoms with Crippen molar-refractivity contribution in [2.45, 2.75) is 76.0 Å². The summed E-state index contributed by atoms with van der Waals surface area (Å²) in [5, 5.41) is 12.8. The Morgan fingerprint density at radius 2 is 1.80 bits per heavy atom. The summed E-state index contributed by atoms with van der Waals surface area (Å²) in [5.74, 6) is -0.00610. The molecule has 3 aliphatic rings. The molecule has 0 spiro atoms. The van der Waals surface area contributed by atoms with Crippen LogP contribution in [0.1, 0.15) is 56.9 Å². The zero-order chi connectivity index (χ0) is 17.3. The van der Waals surface area contributed by atoms with E-state index in [9.17, 15) is 10.1 Å². The van der Waals surface area contributed by atoms with Crippen molar-refractivity contribution in [1.82, 2.24) is 10.2 Å². The lowest BCUT2D eigenvalue weighted by molar-refractivity contribution is -0.129. The molecule has 0 aromatic heterocycles. The third-order valence-corrected chi connectivity index (χ3v) is 6.53. The number of piperidine rings is 1. The van der Waals surface area contributed by atoms with Crippen LogP contribution in [-0.4, -0.2) is 28.9 Å². The minimum atomic E-state index is -0.750. The van der Waals surface area contributed by atoms with Gasteiger partial charge in [0, 0.05) is 24.7 Å². The van der Waals surface area contributed by atoms with Gasteiger partial charge in [-0.25, -0.2) is 0 Å². The van der Waals surface area contributed by atoms with Crippen LogP contribution >= 0.6 is 0 Å². The Hall–Kier alpha value is -1.86. The average Bonchev–Trinajstić information content (AvgIpc) is 3.20. The first kappa shape index (κ1) is 16.6. The fourth-order valence-electron chi connectivity index (χ4n) is 5.14. The highest BCUT2D eigenvalue weighted by molar-refractivity contribution is 5.86. The van der Waals surface area contributed by atoms with E-state index < -0.39 is 5.41 Å². The van der Waals surface area contributed by atoms with Crippen molar-refractivity contribution in [2.75, 3.05) is 0 Å². The number of rotatable bonds is 4. The Balaban J connectivity index is 1.38. The monoisotopic (exact) mass is 337 g/mol. The molecule has 1 aromatic carbocycles. The second-order valence-electron chi connectivity index (χ2n) is 8.09. The van der Waals surface area contributed by atoms with E-state index in [0.717, 1.165) is 45.1 Å². The lowest BCUT2D eigenvalue weighted by atomic mass is 9.86. The summed E-state index contributed by atoms with van der Waals surface area (Å²) in [4.78, 5) is 15.4. The molecule has 4 heteroatoms. The van der Waals surface area contributed by atoms with E-state index in [1.54, 1.807) is 0 Å². The Labute approximate surface area is 150 Å². The van der Waals surface area contributed by atoms with Crippen molar-refractivity contribution in [1.29, 1.82) is 5.26 Å². The summed E-state index contributed by atoms with van der Waals surface area (Å²) in [7, 11) is 0. The van der Waals surface area contributed by atoms with E-state index in [-0.39, 0.29) is 11.9 Å². The van der Waals surface area contributed by atoms with Crippen LogP contribution in [0.15, 0.2) is 30.3 Å². The molecule has 3 atom stereocenters. The molecule has 3 fully saturated rings. The van der Waals surface area contributed by atoms with Gasteiger partial charge in [-0.05, 0) is 44.1 Å². The van der Waals surface area contributed by atoms with Crippen molar-refractivity contribution in [3.05, 3.63) is 35.9 Å². The minimum Gasteiger partial charge on any atom is -0.352 e. The van der Waals surface area contributed by atoms with Crippen LogP contribution in [0.3, 0.4) is 0 Å². The van der Waals surface area contributed by atoms with Gasteiger partial charge < -0.3 is 5.32 Å². The summed E-state index contributed by atoms with van der Waals surface area (Å²) in [6, 6.07) is 14.4. The van der Waals surface area contributed by atoms with Crippen molar-refractivity contribution in [3.8, 4) is 6.07 Å². The lowest BCUT2D eigenvalue weighted by Gasteiger charge is -2.40. The van der Waals surface area contributed by atoms with E-state index in [4.69, 9.17) is 0 Å². The third-order valence-electron chi connectivity index (χ3n) is 6.53. The summed E-state index contributed by atoms with van der Waals surface area (Å²) < 4.78 is 0. The first-order valence-electron chi connectivity index (χ1n) is 9.72. The normalized spacial score (nSPS) is 30.8. The maximum absolute atomic E-state index is 12.7. The highest BCUT2D eigenvalue weighted by Crippen LogP contribution is 2.40. The van der Waals surface area contributed by atoms with Crippen LogP contribution in [0.5, 0.6) is 0 Å². The number of nitrogens with one attached hydrogen (secondary N) is 1. The zero-order valence-electron chi connectivity index (χ0n) is 14.8. The van der Waals surface area contributed by atoms with E-state index in [1.807, 2.05) is 0 Å². The molecule has 0 radical (unpaired) electrons. The molecule has 132 valence electrons. The van der Waals surface area contributed by atoms with Gasteiger partial charge in [0.2, 0.25) is 5.91 Å². The number of nitriles is 1. The van der Waals surface area contributed by atoms with Crippen molar-refractivity contribution in [3.63, 3.8) is 0 Å². The van der Waals surface area contributed by atoms with Crippen LogP contribution in [0.25, 0.3) is 0 Å². The second-order valence-corrected chi connectivity index (χ2v) is 8.09. The van der Waals surface area contributed by atoms with Gasteiger partial charge >= 0.3 is 0 Å². The summed E-state index contributed by atoms with van der Waals surface area (Å²) in [5.41, 5.74) is 0.622. The number of hydrogen-bond donors (Lipinski definition) is 1. The van der Waals surface area contributed by atoms with Gasteiger partial charge in [0.15, 0.2) is 0 Å². The van der Waals surface area contributed by atoms with E-state index >= 15 is 0 Å². The van der Waals surface area contributed by atoms with Crippen molar-refractivity contribution >= 4 is 5.91 Å². The number of fused-ring (bicyclic) bond motifs is 2. The van der Waals surface area contributed by atoms with Gasteiger partial charge in [0.25, 0.3) is 0 Å². The van der Waals surface area contributed by atoms with Crippen LogP contribution in [0.2, 0.25) is 0 Å². The van der Waals surface area contributed by atoms with Gasteiger partial charge in [0.1, 0.15) is 5.41 Å². The molecule has 25 heavy (non-hydrogen) atoms. The number of carbonyl (C=O) groups excluding carboxylic acids is 1. The van der Waals surface area contributed by atoms with Gasteiger partial charge in [-0.2, -0.15) is 5.26 Å². The predicted molar refractivity (Wildman–Crippen MR) is 96.5 cm³/mol. The second kappa shape index (κ2) is 6.80. The summed E-state index contributed by atoms with van der Waals surface area (Å²) in [6.07, 6.45) is 7.97. The largest absolute Gasteiger partial charge is 0.352 e. The first-order chi connectivity index (χ1) is 12.2. The van der Waals surface area contributed by atoms with E-state index in [1.165, 1.54) is 18.4 Å². The summed E-state index contributed by atoms with van der Waals surface area (Å²) >= 11 is 0. The Bertz CT molecular complexity index is 645. The number of amides is 1. The van der Waals surface area contributed by atoms with Crippen molar-refractivity contribution < 1.29 is 4.79 Å². The third kappa shape index (κ3) is 3.18. The molecular formula is C21H27N3O. The quantitative estimate of drug-likeness (QED) is 0.916. The van der Waals surface area contributed by atoms with Gasteiger partial charge in [-0.15, -0.1) is 0 Å². The molecule has 2 heterocycles. The number of benzene rings is 1. The van der Waals surface area contributed by atoms with Crippen LogP contribution in [-0.2, 0) is 11.3 Å². The van der Waals surface area contributed by atoms with Gasteiger partial charge in [-0.1, -0.05) is 43.2 Å². The lowest BCUT2D eigenvalue weighted by Crippen LogP contribution is -2.52. The average molecular weight is 337 g/mol. The minimum absolute atomic E-state index is 0.00610. The molecule has 2 saturated heterocycles. The molecule has 4 rings (SSSR count). The highest BCUT2D eigenvalue weighted by atomic mass is 16.2. The Kier molecular flexibility index (Phi) is 4.52. The number of nitrogens with zero attached hydrogens (tertiary/aromatic N) is 2. The Morgan fingerprint density at radius 1 is 1.16 bits per heavy atom. The molecule has 1 saturated carbocycles. The fourth-order valence-corrected chi connectivity index (χ4v) is 5.14. The van der Waals surface area contributed by atoms with Gasteiger partial charge in [-0.3, -0.25) is 9.69 Å². The SMILES string of the molecule is N#CC1(C(=O)NC2C[C@H]3CC[C@@H](C2)N3Cc2ccccc2)CCCC1. The zero-order valence-corrected chi connectivity index (χ0v) is 14.8. The Morgan fingerprint density at radius 3 is 2.40 bits per heavy atom. The number of carbonyl (C=O) groups is 1. The maximum Gasteiger partial charge on any atom is 0.240 e. The molecular weight excluding hydrogens is 310 g/mol. The van der Waals surface area contributed by atoms with Crippen molar-refractivity contribution in [2.24, 2.45) is 5.41 Å². The maximum atomic E-state index is 12.7. The molecule has 1 amide bonds. The molecule has 4 nitrogen and oxygen atoms in total. The highest BCUT2D eigenvalue weighted by Gasteiger charge is 2.45. The molecule has 1 aromatic rings. The molecule has 2 bridgehead atoms. The molecule has 1 N–H and O–H groups in total. The van der Waals surface area contributed by atoms with Crippen LogP contribution in [0, 0.1) is 16.7 Å². The molecule has 1 aliphatic carbocycles. The summed E-state index contributed by atoms with van der Waals surface area (Å²) in [6.45, 7) is 1.01. The predicted octanol–water partition coefficient (Wildman–Crippen LogP) is 3.38. The standard InChI is InChI=1S/C21H27N3O/c22-15-21(10-4-5-11-21)20(25)23-17-12-18-8-9-19(13-17)24(18)14-16-6-2-1-3-7-16/h1-3,6-7,17-19H,4-5,8-14H2,(H,23,25)/t17?,18-,19+. The van der Waals surface area contributed by atoms with E-state index in [0.29, 0.717) is 12.1 Å². The molecule has 1 unspecified atom stereocenters. The van der Waals surface area contributed by atoms with E-state index in [2.05, 4.69) is 46.6 Å². The van der Waals surface area contributed by atoms with Crippen LogP contribution in [0.4, 0.5) is 0 Å². The van der Waals surface area contributed by atoms with Gasteiger partial charge in [0.05, 0.1) is 6.07 Å². The fraction of sp³-hybridized carbons (Fsp3) is 0.619.